The van der Waals surface area contributed by atoms with Gasteiger partial charge in [0.25, 0.3) is 6.43 Å². The van der Waals surface area contributed by atoms with Crippen LogP contribution in [0.5, 0.6) is 0 Å². The van der Waals surface area contributed by atoms with Gasteiger partial charge in [-0.3, -0.25) is 4.72 Å². The van der Waals surface area contributed by atoms with Gasteiger partial charge in [0.1, 0.15) is 5.75 Å². The monoisotopic (exact) mass is 221 g/mol. The molecule has 6 heteroatoms. The van der Waals surface area contributed by atoms with Crippen molar-refractivity contribution in [3.8, 4) is 0 Å². The molecular weight excluding hydrogens is 212 g/mol. The van der Waals surface area contributed by atoms with Gasteiger partial charge in [-0.2, -0.15) is 0 Å². The van der Waals surface area contributed by atoms with E-state index in [4.69, 9.17) is 0 Å². The van der Waals surface area contributed by atoms with Crippen LogP contribution in [0.4, 0.5) is 14.5 Å². The molecule has 1 rings (SSSR count). The maximum Gasteiger partial charge on any atom is 0.254 e. The molecule has 0 aliphatic heterocycles. The summed E-state index contributed by atoms with van der Waals surface area (Å²) in [7, 11) is -3.93. The summed E-state index contributed by atoms with van der Waals surface area (Å²) in [5.41, 5.74) is 0.285. The average Bonchev–Trinajstić information content (AvgIpc) is 2.02. The third-order valence-corrected chi connectivity index (χ3v) is 2.63. The molecule has 0 aliphatic carbocycles. The first kappa shape index (κ1) is 10.9. The molecule has 0 aromatic heterocycles. The van der Waals surface area contributed by atoms with Crippen molar-refractivity contribution in [2.75, 3.05) is 10.5 Å². The third kappa shape index (κ3) is 3.69. The van der Waals surface area contributed by atoms with Gasteiger partial charge in [-0.25, -0.2) is 17.2 Å². The van der Waals surface area contributed by atoms with E-state index in [1.54, 1.807) is 18.2 Å². The minimum absolute atomic E-state index is 0.285. The maximum atomic E-state index is 11.8. The molecule has 1 aromatic rings. The summed E-state index contributed by atoms with van der Waals surface area (Å²) in [6, 6.07) is 7.90. The highest BCUT2D eigenvalue weighted by Gasteiger charge is 2.17. The van der Waals surface area contributed by atoms with Crippen molar-refractivity contribution in [3.05, 3.63) is 30.3 Å². The Morgan fingerprint density at radius 2 is 1.79 bits per heavy atom. The van der Waals surface area contributed by atoms with Crippen LogP contribution in [-0.4, -0.2) is 20.6 Å². The lowest BCUT2D eigenvalue weighted by Crippen LogP contribution is -2.21. The first-order chi connectivity index (χ1) is 6.49. The summed E-state index contributed by atoms with van der Waals surface area (Å²) in [6.45, 7) is 0. The molecule has 0 unspecified atom stereocenters. The molecule has 3 nitrogen and oxygen atoms in total. The van der Waals surface area contributed by atoms with Gasteiger partial charge in [0.05, 0.1) is 0 Å². The number of hydrogen-bond donors (Lipinski definition) is 1. The van der Waals surface area contributed by atoms with Gasteiger partial charge < -0.3 is 0 Å². The van der Waals surface area contributed by atoms with E-state index in [9.17, 15) is 17.2 Å². The molecule has 0 saturated carbocycles. The van der Waals surface area contributed by atoms with Gasteiger partial charge in [-0.1, -0.05) is 18.2 Å². The van der Waals surface area contributed by atoms with E-state index in [2.05, 4.69) is 0 Å². The van der Waals surface area contributed by atoms with Crippen molar-refractivity contribution in [3.63, 3.8) is 0 Å². The summed E-state index contributed by atoms with van der Waals surface area (Å²) in [5, 5.41) is 0. The van der Waals surface area contributed by atoms with Crippen LogP contribution in [0, 0.1) is 0 Å². The Morgan fingerprint density at radius 3 is 2.29 bits per heavy atom. The van der Waals surface area contributed by atoms with E-state index in [0.29, 0.717) is 0 Å². The number of benzene rings is 1. The van der Waals surface area contributed by atoms with Crippen molar-refractivity contribution in [2.24, 2.45) is 0 Å². The van der Waals surface area contributed by atoms with Gasteiger partial charge in [0.2, 0.25) is 10.0 Å². The Bertz CT molecular complexity index is 378. The number of para-hydroxylation sites is 1. The van der Waals surface area contributed by atoms with Crippen LogP contribution in [0.15, 0.2) is 30.3 Å². The molecule has 1 N–H and O–H groups in total. The minimum Gasteiger partial charge on any atom is -0.283 e. The van der Waals surface area contributed by atoms with Crippen LogP contribution in [0.3, 0.4) is 0 Å². The van der Waals surface area contributed by atoms with Crippen molar-refractivity contribution < 1.29 is 17.2 Å². The van der Waals surface area contributed by atoms with Gasteiger partial charge in [0, 0.05) is 5.69 Å². The molecule has 78 valence electrons. The second kappa shape index (κ2) is 4.36. The van der Waals surface area contributed by atoms with Crippen LogP contribution >= 0.6 is 0 Å². The van der Waals surface area contributed by atoms with Crippen LogP contribution in [0.1, 0.15) is 0 Å². The molecule has 0 heterocycles. The van der Waals surface area contributed by atoms with E-state index in [0.717, 1.165) is 0 Å². The van der Waals surface area contributed by atoms with E-state index in [-0.39, 0.29) is 5.69 Å². The van der Waals surface area contributed by atoms with Crippen molar-refractivity contribution in [1.29, 1.82) is 0 Å². The lowest BCUT2D eigenvalue weighted by molar-refractivity contribution is 0.174. The van der Waals surface area contributed by atoms with Crippen molar-refractivity contribution in [1.82, 2.24) is 0 Å². The number of hydrogen-bond acceptors (Lipinski definition) is 2. The second-order valence-corrected chi connectivity index (χ2v) is 4.41. The normalized spacial score (nSPS) is 11.6. The molecule has 0 spiro atoms. The zero-order valence-corrected chi connectivity index (χ0v) is 7.97. The lowest BCUT2D eigenvalue weighted by atomic mass is 10.3. The molecule has 14 heavy (non-hydrogen) atoms. The molecule has 0 aliphatic rings. The smallest absolute Gasteiger partial charge is 0.254 e. The molecule has 0 amide bonds. The number of anilines is 1. The fourth-order valence-corrected chi connectivity index (χ4v) is 1.80. The van der Waals surface area contributed by atoms with Crippen molar-refractivity contribution in [2.45, 2.75) is 6.43 Å². The Hall–Kier alpha value is -1.17. The molecular formula is C8H9F2NO2S. The number of rotatable bonds is 4. The molecule has 0 radical (unpaired) electrons. The minimum atomic E-state index is -3.93. The van der Waals surface area contributed by atoms with E-state index < -0.39 is 22.2 Å². The lowest BCUT2D eigenvalue weighted by Gasteiger charge is -2.06. The molecule has 0 atom stereocenters. The zero-order chi connectivity index (χ0) is 10.6. The number of alkyl halides is 2. The third-order valence-electron chi connectivity index (χ3n) is 1.39. The van der Waals surface area contributed by atoms with Gasteiger partial charge >= 0.3 is 0 Å². The summed E-state index contributed by atoms with van der Waals surface area (Å²) in [4.78, 5) is 0. The second-order valence-electron chi connectivity index (χ2n) is 2.64. The highest BCUT2D eigenvalue weighted by Crippen LogP contribution is 2.09. The summed E-state index contributed by atoms with van der Waals surface area (Å²) in [6.07, 6.45) is -2.86. The highest BCUT2D eigenvalue weighted by atomic mass is 32.2. The topological polar surface area (TPSA) is 46.2 Å². The predicted molar refractivity (Wildman–Crippen MR) is 49.9 cm³/mol. The van der Waals surface area contributed by atoms with E-state index in [1.807, 2.05) is 4.72 Å². The predicted octanol–water partition coefficient (Wildman–Crippen LogP) is 1.69. The van der Waals surface area contributed by atoms with Crippen molar-refractivity contribution >= 4 is 15.7 Å². The largest absolute Gasteiger partial charge is 0.283 e. The maximum absolute atomic E-state index is 11.8. The number of nitrogens with one attached hydrogen (secondary N) is 1. The summed E-state index contributed by atoms with van der Waals surface area (Å²) >= 11 is 0. The summed E-state index contributed by atoms with van der Waals surface area (Å²) in [5.74, 6) is -1.18. The fraction of sp³-hybridized carbons (Fsp3) is 0.250. The summed E-state index contributed by atoms with van der Waals surface area (Å²) < 4.78 is 47.7. The van der Waals surface area contributed by atoms with Crippen LogP contribution in [0.2, 0.25) is 0 Å². The standard InChI is InChI=1S/C8H9F2NO2S/c9-8(10)6-14(12,13)11-7-4-2-1-3-5-7/h1-5,8,11H,6H2. The first-order valence-corrected chi connectivity index (χ1v) is 5.48. The highest BCUT2D eigenvalue weighted by molar-refractivity contribution is 7.92. The van der Waals surface area contributed by atoms with Crippen LogP contribution in [0.25, 0.3) is 0 Å². The Labute approximate surface area is 80.8 Å². The number of halogens is 2. The van der Waals surface area contributed by atoms with Gasteiger partial charge in [0.15, 0.2) is 0 Å². The van der Waals surface area contributed by atoms with Gasteiger partial charge in [-0.15, -0.1) is 0 Å². The molecule has 0 bridgehead atoms. The SMILES string of the molecule is O=S(=O)(CC(F)F)Nc1ccccc1. The van der Waals surface area contributed by atoms with Crippen LogP contribution < -0.4 is 4.72 Å². The number of sulfonamides is 1. The molecule has 1 aromatic carbocycles. The Balaban J connectivity index is 2.70. The van der Waals surface area contributed by atoms with Gasteiger partial charge in [-0.05, 0) is 12.1 Å². The zero-order valence-electron chi connectivity index (χ0n) is 7.15. The Kier molecular flexibility index (Phi) is 3.40. The average molecular weight is 221 g/mol. The van der Waals surface area contributed by atoms with E-state index >= 15 is 0 Å². The van der Waals surface area contributed by atoms with E-state index in [1.165, 1.54) is 12.1 Å². The Morgan fingerprint density at radius 1 is 1.21 bits per heavy atom. The van der Waals surface area contributed by atoms with Crippen LogP contribution in [-0.2, 0) is 10.0 Å². The molecule has 0 saturated heterocycles. The molecule has 0 fully saturated rings. The quantitative estimate of drug-likeness (QED) is 0.841. The fourth-order valence-electron chi connectivity index (χ4n) is 0.893. The first-order valence-electron chi connectivity index (χ1n) is 3.83.